The predicted molar refractivity (Wildman–Crippen MR) is 119 cm³/mol. The molecule has 2 rings (SSSR count). The fourth-order valence-corrected chi connectivity index (χ4v) is 3.80. The van der Waals surface area contributed by atoms with Gasteiger partial charge in [-0.1, -0.05) is 25.5 Å². The maximum absolute atomic E-state index is 12.0. The molecule has 0 spiro atoms. The van der Waals surface area contributed by atoms with Crippen LogP contribution in [0.5, 0.6) is 11.5 Å². The van der Waals surface area contributed by atoms with E-state index < -0.39 is 16.4 Å². The van der Waals surface area contributed by atoms with Crippen molar-refractivity contribution in [1.29, 1.82) is 0 Å². The average molecular weight is 495 g/mol. The van der Waals surface area contributed by atoms with Crippen LogP contribution in [0.15, 0.2) is 35.9 Å². The summed E-state index contributed by atoms with van der Waals surface area (Å²) in [7, 11) is 0. The fourth-order valence-electron chi connectivity index (χ4n) is 3.18. The number of benzene rings is 1. The summed E-state index contributed by atoms with van der Waals surface area (Å²) in [6.45, 7) is 5.39. The summed E-state index contributed by atoms with van der Waals surface area (Å²) in [5, 5.41) is 9.16. The molecule has 0 aromatic heterocycles. The zero-order chi connectivity index (χ0) is 23.0. The van der Waals surface area contributed by atoms with Crippen LogP contribution in [0.3, 0.4) is 0 Å². The van der Waals surface area contributed by atoms with E-state index in [0.29, 0.717) is 42.9 Å². The standard InChI is InChI=1S/C23H27BrO7/c1-4-7-19-20(10-9-18(15(2)25)21(19)31-16(3)26)29-12-6-13-30-23(24)11-5-8-17(14-23)22(27)28/h5,8-11H,4,6-7,12-14H2,1-3H3,(H,27,28). The molecule has 1 unspecified atom stereocenters. The van der Waals surface area contributed by atoms with Crippen LogP contribution in [0.25, 0.3) is 0 Å². The van der Waals surface area contributed by atoms with Crippen molar-refractivity contribution in [3.8, 4) is 11.5 Å². The number of carboxylic acids is 1. The minimum atomic E-state index is -0.971. The Bertz CT molecular complexity index is 903. The SMILES string of the molecule is CCCc1c(OCCCOC2(Br)C=CC=C(C(=O)O)C2)ccc(C(C)=O)c1OC(C)=O. The molecule has 0 radical (unpaired) electrons. The summed E-state index contributed by atoms with van der Waals surface area (Å²) in [4.78, 5) is 34.7. The molecule has 7 nitrogen and oxygen atoms in total. The average Bonchev–Trinajstić information content (AvgIpc) is 2.69. The van der Waals surface area contributed by atoms with Crippen LogP contribution in [-0.2, 0) is 20.7 Å². The molecule has 0 heterocycles. The lowest BCUT2D eigenvalue weighted by molar-refractivity contribution is -0.133. The van der Waals surface area contributed by atoms with Crippen LogP contribution < -0.4 is 9.47 Å². The Morgan fingerprint density at radius 1 is 1.19 bits per heavy atom. The first-order chi connectivity index (χ1) is 14.7. The number of Topliss-reactive ketones (excluding diaryl/α,β-unsaturated/α-hetero) is 1. The Kier molecular flexibility index (Phi) is 9.00. The van der Waals surface area contributed by atoms with Crippen molar-refractivity contribution in [2.75, 3.05) is 13.2 Å². The number of ether oxygens (including phenoxy) is 3. The Labute approximate surface area is 190 Å². The second-order valence-corrected chi connectivity index (χ2v) is 8.53. The third-order valence-electron chi connectivity index (χ3n) is 4.58. The highest BCUT2D eigenvalue weighted by Gasteiger charge is 2.30. The van der Waals surface area contributed by atoms with Gasteiger partial charge < -0.3 is 19.3 Å². The van der Waals surface area contributed by atoms with E-state index in [4.69, 9.17) is 19.3 Å². The second kappa shape index (κ2) is 11.2. The van der Waals surface area contributed by atoms with Gasteiger partial charge in [-0.3, -0.25) is 9.59 Å². The Morgan fingerprint density at radius 3 is 2.55 bits per heavy atom. The molecule has 8 heteroatoms. The lowest BCUT2D eigenvalue weighted by Gasteiger charge is -2.27. The second-order valence-electron chi connectivity index (χ2n) is 7.19. The van der Waals surface area contributed by atoms with Gasteiger partial charge in [-0.15, -0.1) is 0 Å². The summed E-state index contributed by atoms with van der Waals surface area (Å²) in [5.74, 6) is -0.836. The summed E-state index contributed by atoms with van der Waals surface area (Å²) in [6, 6.07) is 3.32. The normalized spacial score (nSPS) is 17.7. The quantitative estimate of drug-likeness (QED) is 0.157. The third-order valence-corrected chi connectivity index (χ3v) is 5.35. The molecule has 1 aliphatic carbocycles. The first-order valence-corrected chi connectivity index (χ1v) is 10.9. The van der Waals surface area contributed by atoms with Gasteiger partial charge in [-0.2, -0.15) is 0 Å². The zero-order valence-corrected chi connectivity index (χ0v) is 19.5. The van der Waals surface area contributed by atoms with Crippen LogP contribution in [0.2, 0.25) is 0 Å². The van der Waals surface area contributed by atoms with E-state index in [9.17, 15) is 14.4 Å². The van der Waals surface area contributed by atoms with Crippen molar-refractivity contribution < 1.29 is 33.7 Å². The fraction of sp³-hybridized carbons (Fsp3) is 0.435. The number of carbonyl (C=O) groups excluding carboxylic acids is 2. The van der Waals surface area contributed by atoms with Gasteiger partial charge in [0, 0.05) is 30.9 Å². The van der Waals surface area contributed by atoms with E-state index in [1.54, 1.807) is 30.4 Å². The Hall–Kier alpha value is -2.45. The van der Waals surface area contributed by atoms with Crippen molar-refractivity contribution >= 4 is 33.7 Å². The van der Waals surface area contributed by atoms with Gasteiger partial charge in [0.25, 0.3) is 0 Å². The van der Waals surface area contributed by atoms with Crippen molar-refractivity contribution in [3.05, 3.63) is 47.1 Å². The van der Waals surface area contributed by atoms with Crippen molar-refractivity contribution in [3.63, 3.8) is 0 Å². The molecule has 1 aromatic rings. The summed E-state index contributed by atoms with van der Waals surface area (Å²) in [6.07, 6.45) is 7.12. The highest BCUT2D eigenvalue weighted by atomic mass is 79.9. The number of halogens is 1. The lowest BCUT2D eigenvalue weighted by atomic mass is 10.0. The van der Waals surface area contributed by atoms with Gasteiger partial charge in [-0.05, 0) is 47.5 Å². The van der Waals surface area contributed by atoms with E-state index in [1.807, 2.05) is 6.92 Å². The molecule has 0 aliphatic heterocycles. The van der Waals surface area contributed by atoms with Crippen LogP contribution >= 0.6 is 15.9 Å². The smallest absolute Gasteiger partial charge is 0.331 e. The van der Waals surface area contributed by atoms with Gasteiger partial charge in [0.05, 0.1) is 18.8 Å². The van der Waals surface area contributed by atoms with Gasteiger partial charge in [-0.25, -0.2) is 4.79 Å². The van der Waals surface area contributed by atoms with Crippen molar-refractivity contribution in [2.45, 2.75) is 51.0 Å². The monoisotopic (exact) mass is 494 g/mol. The molecule has 0 bridgehead atoms. The number of rotatable bonds is 11. The molecular formula is C23H27BrO7. The minimum Gasteiger partial charge on any atom is -0.493 e. The summed E-state index contributed by atoms with van der Waals surface area (Å²) in [5.41, 5.74) is 1.31. The van der Waals surface area contributed by atoms with Crippen LogP contribution in [0, 0.1) is 0 Å². The van der Waals surface area contributed by atoms with Crippen LogP contribution in [-0.4, -0.2) is 40.6 Å². The van der Waals surface area contributed by atoms with Gasteiger partial charge in [0.1, 0.15) is 16.0 Å². The molecule has 1 aromatic carbocycles. The first kappa shape index (κ1) is 24.8. The lowest BCUT2D eigenvalue weighted by Crippen LogP contribution is -2.27. The maximum atomic E-state index is 12.0. The molecule has 0 amide bonds. The van der Waals surface area contributed by atoms with E-state index in [2.05, 4.69) is 15.9 Å². The number of hydrogen-bond acceptors (Lipinski definition) is 6. The number of carbonyl (C=O) groups is 3. The predicted octanol–water partition coefficient (Wildman–Crippen LogP) is 4.61. The Balaban J connectivity index is 2.01. The summed E-state index contributed by atoms with van der Waals surface area (Å²) >= 11 is 3.45. The number of ketones is 1. The molecule has 0 saturated heterocycles. The van der Waals surface area contributed by atoms with Gasteiger partial charge >= 0.3 is 11.9 Å². The van der Waals surface area contributed by atoms with Crippen molar-refractivity contribution in [2.24, 2.45) is 0 Å². The number of carboxylic acid groups (broad SMARTS) is 1. The number of allylic oxidation sites excluding steroid dienone is 2. The number of alkyl halides is 1. The topological polar surface area (TPSA) is 99.1 Å². The molecule has 0 saturated carbocycles. The van der Waals surface area contributed by atoms with E-state index in [-0.39, 0.29) is 23.5 Å². The van der Waals surface area contributed by atoms with Crippen LogP contribution in [0.1, 0.15) is 56.0 Å². The van der Waals surface area contributed by atoms with Gasteiger partial charge in [0.2, 0.25) is 0 Å². The molecule has 0 fully saturated rings. The molecule has 1 aliphatic rings. The number of hydrogen-bond donors (Lipinski definition) is 1. The molecular weight excluding hydrogens is 468 g/mol. The third kappa shape index (κ3) is 7.04. The molecule has 1 N–H and O–H groups in total. The maximum Gasteiger partial charge on any atom is 0.331 e. The largest absolute Gasteiger partial charge is 0.493 e. The van der Waals surface area contributed by atoms with E-state index >= 15 is 0 Å². The summed E-state index contributed by atoms with van der Waals surface area (Å²) < 4.78 is 16.2. The highest BCUT2D eigenvalue weighted by Crippen LogP contribution is 2.35. The minimum absolute atomic E-state index is 0.188. The number of esters is 1. The molecule has 168 valence electrons. The van der Waals surface area contributed by atoms with E-state index in [1.165, 1.54) is 13.8 Å². The van der Waals surface area contributed by atoms with E-state index in [0.717, 1.165) is 6.42 Å². The highest BCUT2D eigenvalue weighted by molar-refractivity contribution is 9.10. The van der Waals surface area contributed by atoms with Crippen molar-refractivity contribution in [1.82, 2.24) is 0 Å². The first-order valence-electron chi connectivity index (χ1n) is 10.1. The zero-order valence-electron chi connectivity index (χ0n) is 17.9. The Morgan fingerprint density at radius 2 is 1.94 bits per heavy atom. The van der Waals surface area contributed by atoms with Crippen LogP contribution in [0.4, 0.5) is 0 Å². The van der Waals surface area contributed by atoms with Gasteiger partial charge in [0.15, 0.2) is 5.78 Å². The number of aliphatic carboxylic acids is 1. The molecule has 1 atom stereocenters. The molecule has 31 heavy (non-hydrogen) atoms.